The van der Waals surface area contributed by atoms with Gasteiger partial charge in [-0.2, -0.15) is 5.26 Å². The van der Waals surface area contributed by atoms with E-state index in [1.807, 2.05) is 0 Å². The standard InChI is InChI=1S/C15H10FN3O2/c16-11-6-10(5-4-9(11)7-17)20-8-14-19-15-12(18)2-1-3-13(15)21-14/h1-6H,8,18H2. The van der Waals surface area contributed by atoms with Crippen molar-refractivity contribution < 1.29 is 13.5 Å². The third-order valence-corrected chi connectivity index (χ3v) is 2.92. The minimum Gasteiger partial charge on any atom is -0.484 e. The summed E-state index contributed by atoms with van der Waals surface area (Å²) in [7, 11) is 0. The van der Waals surface area contributed by atoms with Gasteiger partial charge < -0.3 is 14.9 Å². The Morgan fingerprint density at radius 3 is 2.90 bits per heavy atom. The second kappa shape index (κ2) is 5.13. The highest BCUT2D eigenvalue weighted by atomic mass is 19.1. The summed E-state index contributed by atoms with van der Waals surface area (Å²) < 4.78 is 24.3. The van der Waals surface area contributed by atoms with E-state index in [4.69, 9.17) is 20.1 Å². The molecule has 5 nitrogen and oxygen atoms in total. The van der Waals surface area contributed by atoms with E-state index in [0.717, 1.165) is 6.07 Å². The largest absolute Gasteiger partial charge is 0.484 e. The quantitative estimate of drug-likeness (QED) is 0.747. The predicted molar refractivity (Wildman–Crippen MR) is 73.9 cm³/mol. The smallest absolute Gasteiger partial charge is 0.233 e. The number of para-hydroxylation sites is 1. The van der Waals surface area contributed by atoms with Gasteiger partial charge in [0.05, 0.1) is 11.3 Å². The number of benzene rings is 2. The van der Waals surface area contributed by atoms with Crippen molar-refractivity contribution in [2.75, 3.05) is 5.73 Å². The molecule has 3 aromatic rings. The number of oxazole rings is 1. The van der Waals surface area contributed by atoms with E-state index in [-0.39, 0.29) is 12.2 Å². The van der Waals surface area contributed by atoms with Gasteiger partial charge >= 0.3 is 0 Å². The van der Waals surface area contributed by atoms with E-state index < -0.39 is 5.82 Å². The molecule has 21 heavy (non-hydrogen) atoms. The van der Waals surface area contributed by atoms with E-state index in [0.29, 0.717) is 28.4 Å². The summed E-state index contributed by atoms with van der Waals surface area (Å²) in [5.74, 6) is 0.00575. The van der Waals surface area contributed by atoms with Gasteiger partial charge in [-0.05, 0) is 24.3 Å². The number of hydrogen-bond acceptors (Lipinski definition) is 5. The molecule has 1 heterocycles. The molecule has 0 atom stereocenters. The summed E-state index contributed by atoms with van der Waals surface area (Å²) in [5, 5.41) is 8.66. The predicted octanol–water partition coefficient (Wildman–Crippen LogP) is 3.00. The van der Waals surface area contributed by atoms with E-state index in [1.54, 1.807) is 24.3 Å². The van der Waals surface area contributed by atoms with Crippen molar-refractivity contribution in [3.63, 3.8) is 0 Å². The van der Waals surface area contributed by atoms with Crippen molar-refractivity contribution in [2.45, 2.75) is 6.61 Å². The van der Waals surface area contributed by atoms with Crippen LogP contribution in [-0.2, 0) is 6.61 Å². The number of nitriles is 1. The zero-order valence-electron chi connectivity index (χ0n) is 10.8. The first-order chi connectivity index (χ1) is 10.2. The van der Waals surface area contributed by atoms with E-state index in [1.165, 1.54) is 12.1 Å². The lowest BCUT2D eigenvalue weighted by atomic mass is 10.2. The number of nitrogen functional groups attached to an aromatic ring is 1. The lowest BCUT2D eigenvalue weighted by molar-refractivity contribution is 0.266. The summed E-state index contributed by atoms with van der Waals surface area (Å²) in [6.45, 7) is 0.0411. The molecule has 2 aromatic carbocycles. The molecule has 104 valence electrons. The van der Waals surface area contributed by atoms with Crippen molar-refractivity contribution in [3.8, 4) is 11.8 Å². The minimum absolute atomic E-state index is 0.0306. The highest BCUT2D eigenvalue weighted by Crippen LogP contribution is 2.22. The molecule has 0 bridgehead atoms. The Hall–Kier alpha value is -3.07. The van der Waals surface area contributed by atoms with Gasteiger partial charge in [-0.25, -0.2) is 9.37 Å². The van der Waals surface area contributed by atoms with Crippen LogP contribution in [0.3, 0.4) is 0 Å². The Bertz CT molecular complexity index is 852. The highest BCUT2D eigenvalue weighted by molar-refractivity contribution is 5.85. The average molecular weight is 283 g/mol. The monoisotopic (exact) mass is 283 g/mol. The number of aromatic nitrogens is 1. The second-order valence-electron chi connectivity index (χ2n) is 4.34. The first-order valence-electron chi connectivity index (χ1n) is 6.14. The van der Waals surface area contributed by atoms with Gasteiger partial charge in [-0.1, -0.05) is 6.07 Å². The Morgan fingerprint density at radius 2 is 2.19 bits per heavy atom. The molecule has 0 fully saturated rings. The molecule has 0 radical (unpaired) electrons. The first kappa shape index (κ1) is 12.9. The van der Waals surface area contributed by atoms with Crippen molar-refractivity contribution >= 4 is 16.8 Å². The summed E-state index contributed by atoms with van der Waals surface area (Å²) in [4.78, 5) is 4.22. The Balaban J connectivity index is 1.79. The van der Waals surface area contributed by atoms with Crippen LogP contribution in [0.2, 0.25) is 0 Å². The second-order valence-corrected chi connectivity index (χ2v) is 4.34. The number of hydrogen-bond donors (Lipinski definition) is 1. The van der Waals surface area contributed by atoms with Gasteiger partial charge in [0.1, 0.15) is 23.2 Å². The number of fused-ring (bicyclic) bond motifs is 1. The van der Waals surface area contributed by atoms with E-state index in [2.05, 4.69) is 4.98 Å². The molecule has 0 saturated carbocycles. The lowest BCUT2D eigenvalue weighted by Crippen LogP contribution is -1.96. The normalized spacial score (nSPS) is 10.5. The number of halogens is 1. The van der Waals surface area contributed by atoms with Gasteiger partial charge in [-0.3, -0.25) is 0 Å². The van der Waals surface area contributed by atoms with Crippen molar-refractivity contribution in [3.05, 3.63) is 53.7 Å². The van der Waals surface area contributed by atoms with Gasteiger partial charge in [0.25, 0.3) is 0 Å². The Kier molecular flexibility index (Phi) is 3.16. The molecule has 0 saturated heterocycles. The van der Waals surface area contributed by atoms with Gasteiger partial charge in [-0.15, -0.1) is 0 Å². The fourth-order valence-electron chi connectivity index (χ4n) is 1.90. The van der Waals surface area contributed by atoms with Gasteiger partial charge in [0, 0.05) is 6.07 Å². The summed E-state index contributed by atoms with van der Waals surface area (Å²) >= 11 is 0. The average Bonchev–Trinajstić information content (AvgIpc) is 2.90. The summed E-state index contributed by atoms with van der Waals surface area (Å²) in [6, 6.07) is 11.0. The molecular formula is C15H10FN3O2. The number of nitrogens with zero attached hydrogens (tertiary/aromatic N) is 2. The summed E-state index contributed by atoms with van der Waals surface area (Å²) in [6.07, 6.45) is 0. The number of anilines is 1. The number of ether oxygens (including phenoxy) is 1. The van der Waals surface area contributed by atoms with E-state index in [9.17, 15) is 4.39 Å². The van der Waals surface area contributed by atoms with Crippen LogP contribution in [0.1, 0.15) is 11.5 Å². The van der Waals surface area contributed by atoms with E-state index >= 15 is 0 Å². The molecule has 0 spiro atoms. The van der Waals surface area contributed by atoms with Crippen LogP contribution in [0.5, 0.6) is 5.75 Å². The molecule has 0 aliphatic heterocycles. The van der Waals surface area contributed by atoms with Crippen LogP contribution in [0, 0.1) is 17.1 Å². The third kappa shape index (κ3) is 2.49. The van der Waals surface area contributed by atoms with Crippen LogP contribution in [0.15, 0.2) is 40.8 Å². The molecule has 0 unspecified atom stereocenters. The molecule has 0 amide bonds. The molecule has 0 aliphatic rings. The maximum absolute atomic E-state index is 13.4. The van der Waals surface area contributed by atoms with Crippen LogP contribution in [0.25, 0.3) is 11.1 Å². The topological polar surface area (TPSA) is 85.1 Å². The third-order valence-electron chi connectivity index (χ3n) is 2.92. The fraction of sp³-hybridized carbons (Fsp3) is 0.0667. The van der Waals surface area contributed by atoms with Crippen molar-refractivity contribution in [2.24, 2.45) is 0 Å². The Labute approximate surface area is 119 Å². The first-order valence-corrected chi connectivity index (χ1v) is 6.14. The Morgan fingerprint density at radius 1 is 1.33 bits per heavy atom. The highest BCUT2D eigenvalue weighted by Gasteiger charge is 2.09. The van der Waals surface area contributed by atoms with Crippen LogP contribution in [0.4, 0.5) is 10.1 Å². The molecule has 1 aromatic heterocycles. The SMILES string of the molecule is N#Cc1ccc(OCc2nc3c(N)cccc3o2)cc1F. The van der Waals surface area contributed by atoms with Crippen LogP contribution >= 0.6 is 0 Å². The number of rotatable bonds is 3. The lowest BCUT2D eigenvalue weighted by Gasteiger charge is -2.03. The zero-order chi connectivity index (χ0) is 14.8. The minimum atomic E-state index is -0.628. The fourth-order valence-corrected chi connectivity index (χ4v) is 1.90. The number of nitrogens with two attached hydrogens (primary N) is 1. The maximum atomic E-state index is 13.4. The van der Waals surface area contributed by atoms with Crippen LogP contribution < -0.4 is 10.5 Å². The van der Waals surface area contributed by atoms with Gasteiger partial charge in [0.2, 0.25) is 5.89 Å². The molecular weight excluding hydrogens is 273 g/mol. The molecule has 2 N–H and O–H groups in total. The van der Waals surface area contributed by atoms with Gasteiger partial charge in [0.15, 0.2) is 12.2 Å². The molecule has 6 heteroatoms. The van der Waals surface area contributed by atoms with Crippen molar-refractivity contribution in [1.82, 2.24) is 4.98 Å². The molecule has 3 rings (SSSR count). The summed E-state index contributed by atoms with van der Waals surface area (Å²) in [5.41, 5.74) is 7.42. The maximum Gasteiger partial charge on any atom is 0.233 e. The van der Waals surface area contributed by atoms with Crippen LogP contribution in [-0.4, -0.2) is 4.98 Å². The molecule has 0 aliphatic carbocycles. The zero-order valence-corrected chi connectivity index (χ0v) is 10.8. The van der Waals surface area contributed by atoms with Crippen molar-refractivity contribution in [1.29, 1.82) is 5.26 Å².